The van der Waals surface area contributed by atoms with E-state index in [0.717, 1.165) is 11.1 Å². The first-order valence-corrected chi connectivity index (χ1v) is 11.8. The summed E-state index contributed by atoms with van der Waals surface area (Å²) in [6.07, 6.45) is 3.42. The quantitative estimate of drug-likeness (QED) is 0.443. The van der Waals surface area contributed by atoms with Gasteiger partial charge in [-0.25, -0.2) is 23.2 Å². The molecule has 10 nitrogen and oxygen atoms in total. The minimum Gasteiger partial charge on any atom is -0.337 e. The number of H-pyrrole nitrogens is 1. The van der Waals surface area contributed by atoms with Crippen molar-refractivity contribution in [1.29, 1.82) is 0 Å². The zero-order chi connectivity index (χ0) is 23.0. The minimum absolute atomic E-state index is 0.0444. The maximum Gasteiger partial charge on any atom is 0.330 e. The molecule has 0 spiro atoms. The Labute approximate surface area is 184 Å². The Morgan fingerprint density at radius 2 is 1.78 bits per heavy atom. The van der Waals surface area contributed by atoms with Gasteiger partial charge in [-0.05, 0) is 31.4 Å². The van der Waals surface area contributed by atoms with E-state index in [1.165, 1.54) is 10.8 Å². The summed E-state index contributed by atoms with van der Waals surface area (Å²) in [6, 6.07) is 7.36. The first-order valence-electron chi connectivity index (χ1n) is 10.2. The van der Waals surface area contributed by atoms with Crippen molar-refractivity contribution < 1.29 is 8.42 Å². The fraction of sp³-hybridized carbons (Fsp3) is 0.333. The monoisotopic (exact) mass is 456 g/mol. The maximum atomic E-state index is 12.5. The molecule has 11 heteroatoms. The van der Waals surface area contributed by atoms with E-state index in [2.05, 4.69) is 15.0 Å². The fourth-order valence-corrected chi connectivity index (χ4v) is 4.84. The van der Waals surface area contributed by atoms with Gasteiger partial charge >= 0.3 is 5.69 Å². The Bertz CT molecular complexity index is 1490. The molecule has 0 aliphatic heterocycles. The lowest BCUT2D eigenvalue weighted by molar-refractivity contribution is 0.592. The molecule has 3 aromatic heterocycles. The third-order valence-electron chi connectivity index (χ3n) is 5.52. The largest absolute Gasteiger partial charge is 0.337 e. The van der Waals surface area contributed by atoms with Gasteiger partial charge in [-0.1, -0.05) is 24.3 Å². The summed E-state index contributed by atoms with van der Waals surface area (Å²) >= 11 is 0. The molecule has 168 valence electrons. The first kappa shape index (κ1) is 21.8. The molecule has 0 radical (unpaired) electrons. The second kappa shape index (κ2) is 8.23. The molecule has 3 heterocycles. The SMILES string of the molecule is CCn1cnc2c1c(=O)[nH]c(=O)n2Cc1ccc(CCS(=O)(=O)c2cn(C)c(C)n2)cc1. The molecule has 1 aromatic carbocycles. The standard InChI is InChI=1S/C21H24N6O4S/c1-4-26-13-22-19-18(26)20(28)24-21(29)27(19)11-16-7-5-15(6-8-16)9-10-32(30,31)17-12-25(3)14(2)23-17/h5-8,12-13H,4,9-11H2,1-3H3,(H,24,28,29). The van der Waals surface area contributed by atoms with Gasteiger partial charge in [-0.2, -0.15) is 0 Å². The van der Waals surface area contributed by atoms with Gasteiger partial charge in [0.05, 0.1) is 18.6 Å². The van der Waals surface area contributed by atoms with Crippen molar-refractivity contribution in [1.82, 2.24) is 28.7 Å². The molecular formula is C21H24N6O4S. The summed E-state index contributed by atoms with van der Waals surface area (Å²) in [6.45, 7) is 4.45. The average molecular weight is 457 g/mol. The number of fused-ring (bicyclic) bond motifs is 1. The smallest absolute Gasteiger partial charge is 0.330 e. The van der Waals surface area contributed by atoms with E-state index in [1.54, 1.807) is 29.4 Å². The molecule has 0 saturated carbocycles. The molecule has 4 rings (SSSR count). The number of benzene rings is 1. The van der Waals surface area contributed by atoms with Crippen molar-refractivity contribution in [2.24, 2.45) is 7.05 Å². The Kier molecular flexibility index (Phi) is 5.59. The predicted molar refractivity (Wildman–Crippen MR) is 120 cm³/mol. The number of sulfone groups is 1. The van der Waals surface area contributed by atoms with Crippen LogP contribution in [0.3, 0.4) is 0 Å². The van der Waals surface area contributed by atoms with Crippen LogP contribution < -0.4 is 11.2 Å². The van der Waals surface area contributed by atoms with Crippen LogP contribution in [-0.4, -0.2) is 42.8 Å². The maximum absolute atomic E-state index is 12.5. The van der Waals surface area contributed by atoms with E-state index >= 15 is 0 Å². The third kappa shape index (κ3) is 4.03. The highest BCUT2D eigenvalue weighted by Gasteiger charge is 2.19. The molecule has 1 N–H and O–H groups in total. The van der Waals surface area contributed by atoms with Crippen LogP contribution >= 0.6 is 0 Å². The van der Waals surface area contributed by atoms with E-state index in [0.29, 0.717) is 30.0 Å². The number of hydrogen-bond acceptors (Lipinski definition) is 6. The summed E-state index contributed by atoms with van der Waals surface area (Å²) in [5.74, 6) is 0.598. The normalized spacial score (nSPS) is 12.0. The Balaban J connectivity index is 1.52. The van der Waals surface area contributed by atoms with Crippen LogP contribution in [0.25, 0.3) is 11.2 Å². The lowest BCUT2D eigenvalue weighted by atomic mass is 10.1. The van der Waals surface area contributed by atoms with Crippen LogP contribution in [0.2, 0.25) is 0 Å². The zero-order valence-corrected chi connectivity index (χ0v) is 18.9. The van der Waals surface area contributed by atoms with Crippen LogP contribution in [0.1, 0.15) is 23.9 Å². The summed E-state index contributed by atoms with van der Waals surface area (Å²) in [7, 11) is -1.72. The van der Waals surface area contributed by atoms with Crippen LogP contribution in [0.5, 0.6) is 0 Å². The van der Waals surface area contributed by atoms with Gasteiger partial charge in [-0.15, -0.1) is 0 Å². The van der Waals surface area contributed by atoms with Gasteiger partial charge in [0.1, 0.15) is 5.82 Å². The van der Waals surface area contributed by atoms with Crippen molar-refractivity contribution in [3.63, 3.8) is 0 Å². The van der Waals surface area contributed by atoms with Crippen molar-refractivity contribution >= 4 is 21.0 Å². The lowest BCUT2D eigenvalue weighted by Gasteiger charge is -2.08. The van der Waals surface area contributed by atoms with E-state index < -0.39 is 21.1 Å². The number of aromatic nitrogens is 6. The lowest BCUT2D eigenvalue weighted by Crippen LogP contribution is -2.31. The number of rotatable bonds is 7. The van der Waals surface area contributed by atoms with Gasteiger partial charge in [0, 0.05) is 19.8 Å². The number of imidazole rings is 2. The topological polar surface area (TPSA) is 125 Å². The third-order valence-corrected chi connectivity index (χ3v) is 7.10. The van der Waals surface area contributed by atoms with Gasteiger partial charge in [0.15, 0.2) is 26.0 Å². The highest BCUT2D eigenvalue weighted by atomic mass is 32.2. The summed E-state index contributed by atoms with van der Waals surface area (Å²) in [5, 5.41) is 0.0853. The fourth-order valence-electron chi connectivity index (χ4n) is 3.53. The van der Waals surface area contributed by atoms with Crippen molar-refractivity contribution in [3.05, 3.63) is 74.6 Å². The van der Waals surface area contributed by atoms with E-state index in [4.69, 9.17) is 0 Å². The average Bonchev–Trinajstić information content (AvgIpc) is 3.34. The molecular weight excluding hydrogens is 432 g/mol. The molecule has 0 bridgehead atoms. The Morgan fingerprint density at radius 3 is 2.41 bits per heavy atom. The van der Waals surface area contributed by atoms with Gasteiger partial charge in [-0.3, -0.25) is 14.3 Å². The van der Waals surface area contributed by atoms with E-state index in [-0.39, 0.29) is 17.3 Å². The second-order valence-corrected chi connectivity index (χ2v) is 9.73. The number of aryl methyl sites for hydroxylation is 4. The molecule has 0 aliphatic carbocycles. The number of nitrogens with one attached hydrogen (secondary N) is 1. The summed E-state index contributed by atoms with van der Waals surface area (Å²) in [5.41, 5.74) is 1.41. The van der Waals surface area contributed by atoms with Crippen molar-refractivity contribution in [2.75, 3.05) is 5.75 Å². The molecule has 0 amide bonds. The number of hydrogen-bond donors (Lipinski definition) is 1. The predicted octanol–water partition coefficient (Wildman–Crippen LogP) is 1.01. The number of nitrogens with zero attached hydrogens (tertiary/aromatic N) is 5. The van der Waals surface area contributed by atoms with Crippen molar-refractivity contribution in [2.45, 2.75) is 38.4 Å². The highest BCUT2D eigenvalue weighted by molar-refractivity contribution is 7.91. The van der Waals surface area contributed by atoms with Crippen LogP contribution in [0.4, 0.5) is 0 Å². The molecule has 4 aromatic rings. The van der Waals surface area contributed by atoms with Gasteiger partial charge < -0.3 is 9.13 Å². The van der Waals surface area contributed by atoms with E-state index in [1.807, 2.05) is 31.2 Å². The molecule has 0 unspecified atom stereocenters. The Morgan fingerprint density at radius 1 is 1.09 bits per heavy atom. The van der Waals surface area contributed by atoms with Crippen molar-refractivity contribution in [3.8, 4) is 0 Å². The second-order valence-electron chi connectivity index (χ2n) is 7.67. The summed E-state index contributed by atoms with van der Waals surface area (Å²) in [4.78, 5) is 35.3. The molecule has 32 heavy (non-hydrogen) atoms. The Hall–Kier alpha value is -3.47. The molecule has 0 aliphatic rings. The molecule has 0 saturated heterocycles. The highest BCUT2D eigenvalue weighted by Crippen LogP contribution is 2.14. The van der Waals surface area contributed by atoms with E-state index in [9.17, 15) is 18.0 Å². The zero-order valence-electron chi connectivity index (χ0n) is 18.1. The number of aromatic amines is 1. The molecule has 0 fully saturated rings. The molecule has 0 atom stereocenters. The first-order chi connectivity index (χ1) is 15.2. The van der Waals surface area contributed by atoms with Crippen LogP contribution in [0.15, 0.2) is 51.4 Å². The minimum atomic E-state index is -3.47. The van der Waals surface area contributed by atoms with Crippen LogP contribution in [-0.2, 0) is 36.4 Å². The van der Waals surface area contributed by atoms with Crippen LogP contribution in [0, 0.1) is 6.92 Å². The van der Waals surface area contributed by atoms with Gasteiger partial charge in [0.25, 0.3) is 5.56 Å². The summed E-state index contributed by atoms with van der Waals surface area (Å²) < 4.78 is 29.9. The van der Waals surface area contributed by atoms with Gasteiger partial charge in [0.2, 0.25) is 0 Å².